The molecule has 120 valence electrons. The minimum atomic E-state index is 0.442. The first-order chi connectivity index (χ1) is 11.0. The van der Waals surface area contributed by atoms with Gasteiger partial charge in [-0.25, -0.2) is 0 Å². The van der Waals surface area contributed by atoms with Crippen molar-refractivity contribution in [2.24, 2.45) is 0 Å². The predicted octanol–water partition coefficient (Wildman–Crippen LogP) is 3.80. The highest BCUT2D eigenvalue weighted by Gasteiger charge is 2.06. The Morgan fingerprint density at radius 2 is 1.30 bits per heavy atom. The fraction of sp³-hybridized carbons (Fsp3) is 0.176. The molecule has 2 aromatic rings. The summed E-state index contributed by atoms with van der Waals surface area (Å²) < 4.78 is 0. The third-order valence-electron chi connectivity index (χ3n) is 3.24. The first-order valence-electron chi connectivity index (χ1n) is 7.22. The van der Waals surface area contributed by atoms with Crippen LogP contribution in [-0.4, -0.2) is 10.2 Å². The van der Waals surface area contributed by atoms with Gasteiger partial charge >= 0.3 is 0 Å². The molecule has 2 aromatic carbocycles. The summed E-state index contributed by atoms with van der Waals surface area (Å²) in [4.78, 5) is 0. The van der Waals surface area contributed by atoms with Crippen molar-refractivity contribution in [2.75, 3.05) is 10.6 Å². The van der Waals surface area contributed by atoms with Gasteiger partial charge in [-0.05, 0) is 68.5 Å². The van der Waals surface area contributed by atoms with E-state index in [1.165, 1.54) is 5.56 Å². The van der Waals surface area contributed by atoms with E-state index in [-0.39, 0.29) is 0 Å². The fourth-order valence-electron chi connectivity index (χ4n) is 2.32. The van der Waals surface area contributed by atoms with Crippen molar-refractivity contribution in [1.82, 2.24) is 10.9 Å². The molecular weight excluding hydrogens is 324 g/mol. The van der Waals surface area contributed by atoms with Crippen molar-refractivity contribution in [3.8, 4) is 0 Å². The van der Waals surface area contributed by atoms with Gasteiger partial charge in [0.2, 0.25) is 0 Å². The molecule has 0 radical (unpaired) electrons. The molecule has 4 nitrogen and oxygen atoms in total. The van der Waals surface area contributed by atoms with Gasteiger partial charge in [0.15, 0.2) is 10.2 Å². The van der Waals surface area contributed by atoms with E-state index in [1.54, 1.807) is 0 Å². The minimum absolute atomic E-state index is 0.442. The SMILES string of the molecule is Cc1cc(C)c(NC(=S)NNC(=S)Nc2ccccc2)c(C)c1. The average molecular weight is 345 g/mol. The lowest BCUT2D eigenvalue weighted by atomic mass is 10.1. The van der Waals surface area contributed by atoms with Crippen LogP contribution < -0.4 is 21.5 Å². The van der Waals surface area contributed by atoms with Gasteiger partial charge < -0.3 is 10.6 Å². The molecule has 23 heavy (non-hydrogen) atoms. The highest BCUT2D eigenvalue weighted by Crippen LogP contribution is 2.21. The molecule has 0 heterocycles. The van der Waals surface area contributed by atoms with Crippen LogP contribution in [0.4, 0.5) is 11.4 Å². The summed E-state index contributed by atoms with van der Waals surface area (Å²) in [5.74, 6) is 0. The maximum atomic E-state index is 5.30. The summed E-state index contributed by atoms with van der Waals surface area (Å²) in [6.07, 6.45) is 0. The normalized spacial score (nSPS) is 9.87. The summed E-state index contributed by atoms with van der Waals surface area (Å²) in [5, 5.41) is 7.16. The second-order valence-corrected chi connectivity index (χ2v) is 6.11. The van der Waals surface area contributed by atoms with Crippen LogP contribution in [-0.2, 0) is 0 Å². The summed E-state index contributed by atoms with van der Waals surface area (Å²) in [7, 11) is 0. The zero-order chi connectivity index (χ0) is 16.8. The molecule has 0 bridgehead atoms. The Morgan fingerprint density at radius 3 is 1.87 bits per heavy atom. The first kappa shape index (κ1) is 17.2. The van der Waals surface area contributed by atoms with Crippen molar-refractivity contribution >= 4 is 46.0 Å². The molecule has 0 spiro atoms. The van der Waals surface area contributed by atoms with Crippen LogP contribution in [0.5, 0.6) is 0 Å². The van der Waals surface area contributed by atoms with Crippen LogP contribution in [0.2, 0.25) is 0 Å². The van der Waals surface area contributed by atoms with E-state index in [0.717, 1.165) is 22.5 Å². The number of hydrogen-bond donors (Lipinski definition) is 4. The molecule has 0 aliphatic carbocycles. The largest absolute Gasteiger partial charge is 0.331 e. The molecule has 2 rings (SSSR count). The first-order valence-corrected chi connectivity index (χ1v) is 8.04. The lowest BCUT2D eigenvalue weighted by Crippen LogP contribution is -2.45. The summed E-state index contributed by atoms with van der Waals surface area (Å²) in [6, 6.07) is 13.9. The minimum Gasteiger partial charge on any atom is -0.331 e. The van der Waals surface area contributed by atoms with Gasteiger partial charge in [0.05, 0.1) is 0 Å². The van der Waals surface area contributed by atoms with Gasteiger partial charge in [-0.2, -0.15) is 0 Å². The maximum absolute atomic E-state index is 5.30. The van der Waals surface area contributed by atoms with Crippen molar-refractivity contribution in [3.63, 3.8) is 0 Å². The Kier molecular flexibility index (Phi) is 5.90. The molecule has 0 saturated carbocycles. The van der Waals surface area contributed by atoms with Gasteiger partial charge in [-0.15, -0.1) is 0 Å². The van der Waals surface area contributed by atoms with E-state index < -0.39 is 0 Å². The van der Waals surface area contributed by atoms with Gasteiger partial charge in [0.1, 0.15) is 0 Å². The number of hydrazine groups is 1. The van der Waals surface area contributed by atoms with E-state index in [1.807, 2.05) is 30.3 Å². The average Bonchev–Trinajstić information content (AvgIpc) is 2.50. The van der Waals surface area contributed by atoms with Crippen LogP contribution >= 0.6 is 24.4 Å². The molecular formula is C17H20N4S2. The molecule has 0 fully saturated rings. The van der Waals surface area contributed by atoms with Crippen molar-refractivity contribution in [3.05, 3.63) is 59.2 Å². The standard InChI is InChI=1S/C17H20N4S2/c1-11-9-12(2)15(13(3)10-11)19-17(23)21-20-16(22)18-14-7-5-4-6-8-14/h4-10H,1-3H3,(H2,18,20,22)(H2,19,21,23). The van der Waals surface area contributed by atoms with Crippen LogP contribution in [0.1, 0.15) is 16.7 Å². The van der Waals surface area contributed by atoms with E-state index in [2.05, 4.69) is 54.4 Å². The third kappa shape index (κ3) is 5.19. The second-order valence-electron chi connectivity index (χ2n) is 5.30. The van der Waals surface area contributed by atoms with Crippen LogP contribution in [0, 0.1) is 20.8 Å². The number of nitrogens with one attached hydrogen (secondary N) is 4. The van der Waals surface area contributed by atoms with Gasteiger partial charge in [-0.3, -0.25) is 10.9 Å². The fourth-order valence-corrected chi connectivity index (χ4v) is 2.64. The highest BCUT2D eigenvalue weighted by atomic mass is 32.1. The Balaban J connectivity index is 1.87. The highest BCUT2D eigenvalue weighted by molar-refractivity contribution is 7.81. The third-order valence-corrected chi connectivity index (χ3v) is 3.65. The summed E-state index contributed by atoms with van der Waals surface area (Å²) in [5.41, 5.74) is 11.2. The van der Waals surface area contributed by atoms with E-state index in [9.17, 15) is 0 Å². The number of rotatable bonds is 2. The zero-order valence-electron chi connectivity index (χ0n) is 13.4. The number of hydrogen-bond acceptors (Lipinski definition) is 2. The summed E-state index contributed by atoms with van der Waals surface area (Å²) in [6.45, 7) is 6.19. The molecule has 0 unspecified atom stereocenters. The van der Waals surface area contributed by atoms with Crippen molar-refractivity contribution in [2.45, 2.75) is 20.8 Å². The molecule has 0 amide bonds. The van der Waals surface area contributed by atoms with Crippen LogP contribution in [0.25, 0.3) is 0 Å². The number of thiocarbonyl (C=S) groups is 2. The number of benzene rings is 2. The molecule has 6 heteroatoms. The lowest BCUT2D eigenvalue weighted by molar-refractivity contribution is 0.885. The lowest BCUT2D eigenvalue weighted by Gasteiger charge is -2.17. The monoisotopic (exact) mass is 344 g/mol. The Labute approximate surface area is 147 Å². The molecule has 4 N–H and O–H groups in total. The Morgan fingerprint density at radius 1 is 0.783 bits per heavy atom. The topological polar surface area (TPSA) is 48.1 Å². The van der Waals surface area contributed by atoms with Gasteiger partial charge in [0, 0.05) is 11.4 Å². The van der Waals surface area contributed by atoms with Gasteiger partial charge in [-0.1, -0.05) is 35.9 Å². The smallest absolute Gasteiger partial charge is 0.189 e. The Hall–Kier alpha value is -2.18. The molecule has 0 atom stereocenters. The zero-order valence-corrected chi connectivity index (χ0v) is 15.0. The number of aryl methyl sites for hydroxylation is 3. The summed E-state index contributed by atoms with van der Waals surface area (Å²) >= 11 is 10.5. The van der Waals surface area contributed by atoms with Crippen LogP contribution in [0.15, 0.2) is 42.5 Å². The number of para-hydroxylation sites is 1. The molecule has 0 saturated heterocycles. The molecule has 0 aliphatic heterocycles. The van der Waals surface area contributed by atoms with E-state index >= 15 is 0 Å². The van der Waals surface area contributed by atoms with E-state index in [0.29, 0.717) is 10.2 Å². The van der Waals surface area contributed by atoms with Crippen molar-refractivity contribution < 1.29 is 0 Å². The van der Waals surface area contributed by atoms with Crippen molar-refractivity contribution in [1.29, 1.82) is 0 Å². The maximum Gasteiger partial charge on any atom is 0.189 e. The molecule has 0 aliphatic rings. The number of anilines is 2. The predicted molar refractivity (Wildman–Crippen MR) is 106 cm³/mol. The van der Waals surface area contributed by atoms with Crippen LogP contribution in [0.3, 0.4) is 0 Å². The van der Waals surface area contributed by atoms with E-state index in [4.69, 9.17) is 24.4 Å². The second kappa shape index (κ2) is 7.89. The quantitative estimate of drug-likeness (QED) is 0.491. The molecule has 0 aromatic heterocycles. The Bertz CT molecular complexity index is 691. The van der Waals surface area contributed by atoms with Gasteiger partial charge in [0.25, 0.3) is 0 Å².